The SMILES string of the molecule is CN(CCc1ccccn1)C(=O)/C(=C/c1ccnc(N2CCC(CN)CC2)n1)SC=O. The number of hydrogen-bond acceptors (Lipinski definition) is 8. The fourth-order valence-electron chi connectivity index (χ4n) is 3.41. The highest BCUT2D eigenvalue weighted by molar-refractivity contribution is 8.16. The lowest BCUT2D eigenvalue weighted by atomic mass is 9.97. The first-order chi connectivity index (χ1) is 15.1. The van der Waals surface area contributed by atoms with Gasteiger partial charge in [0.05, 0.1) is 10.6 Å². The molecule has 0 radical (unpaired) electrons. The molecule has 3 heterocycles. The summed E-state index contributed by atoms with van der Waals surface area (Å²) < 4.78 is 0. The number of thioether (sulfide) groups is 1. The van der Waals surface area contributed by atoms with Crippen molar-refractivity contribution in [3.63, 3.8) is 0 Å². The number of amides is 1. The molecule has 164 valence electrons. The molecule has 3 rings (SSSR count). The zero-order valence-electron chi connectivity index (χ0n) is 17.7. The number of hydrogen-bond donors (Lipinski definition) is 1. The van der Waals surface area contributed by atoms with Gasteiger partial charge in [0, 0.05) is 51.2 Å². The first kappa shape index (κ1) is 22.9. The number of nitrogens with zero attached hydrogens (tertiary/aromatic N) is 5. The van der Waals surface area contributed by atoms with Crippen LogP contribution in [-0.4, -0.2) is 64.6 Å². The Bertz CT molecular complexity index is 900. The van der Waals surface area contributed by atoms with E-state index in [0.29, 0.717) is 47.6 Å². The van der Waals surface area contributed by atoms with E-state index >= 15 is 0 Å². The van der Waals surface area contributed by atoms with E-state index in [1.54, 1.807) is 36.5 Å². The van der Waals surface area contributed by atoms with Crippen LogP contribution < -0.4 is 10.6 Å². The summed E-state index contributed by atoms with van der Waals surface area (Å²) in [7, 11) is 1.72. The molecule has 0 spiro atoms. The third-order valence-corrected chi connectivity index (χ3v) is 5.98. The molecule has 2 aromatic heterocycles. The third-order valence-electron chi connectivity index (χ3n) is 5.34. The second-order valence-corrected chi connectivity index (χ2v) is 8.34. The first-order valence-corrected chi connectivity index (χ1v) is 11.2. The van der Waals surface area contributed by atoms with Gasteiger partial charge in [0.25, 0.3) is 5.91 Å². The van der Waals surface area contributed by atoms with Crippen molar-refractivity contribution in [3.8, 4) is 0 Å². The molecule has 1 amide bonds. The highest BCUT2D eigenvalue weighted by Gasteiger charge is 2.20. The van der Waals surface area contributed by atoms with Crippen LogP contribution in [0.2, 0.25) is 0 Å². The molecule has 0 aliphatic carbocycles. The van der Waals surface area contributed by atoms with Crippen LogP contribution in [0.25, 0.3) is 6.08 Å². The second-order valence-electron chi connectivity index (χ2n) is 7.47. The van der Waals surface area contributed by atoms with Gasteiger partial charge in [-0.05, 0) is 61.3 Å². The lowest BCUT2D eigenvalue weighted by Gasteiger charge is -2.31. The Labute approximate surface area is 187 Å². The summed E-state index contributed by atoms with van der Waals surface area (Å²) >= 11 is 0.860. The van der Waals surface area contributed by atoms with E-state index in [9.17, 15) is 9.59 Å². The van der Waals surface area contributed by atoms with Gasteiger partial charge in [0.15, 0.2) is 5.62 Å². The fourth-order valence-corrected chi connectivity index (χ4v) is 3.96. The predicted octanol–water partition coefficient (Wildman–Crippen LogP) is 2.01. The van der Waals surface area contributed by atoms with E-state index < -0.39 is 0 Å². The molecule has 2 aromatic rings. The molecule has 0 bridgehead atoms. The van der Waals surface area contributed by atoms with Crippen molar-refractivity contribution in [2.75, 3.05) is 38.1 Å². The van der Waals surface area contributed by atoms with E-state index in [4.69, 9.17) is 5.73 Å². The van der Waals surface area contributed by atoms with Gasteiger partial charge in [-0.1, -0.05) is 6.07 Å². The van der Waals surface area contributed by atoms with E-state index in [-0.39, 0.29) is 5.91 Å². The third kappa shape index (κ3) is 6.60. The molecule has 31 heavy (non-hydrogen) atoms. The number of aromatic nitrogens is 3. The first-order valence-electron chi connectivity index (χ1n) is 10.4. The maximum atomic E-state index is 12.9. The standard InChI is InChI=1S/C22H28N6O2S/c1-27(11-8-18-4-2-3-9-24-18)21(30)20(31-16-29)14-19-5-10-25-22(26-19)28-12-6-17(15-23)7-13-28/h2-5,9-10,14,16-17H,6-8,11-13,15,23H2,1H3/b20-14-. The van der Waals surface area contributed by atoms with Crippen LogP contribution in [0.3, 0.4) is 0 Å². The number of pyridine rings is 1. The summed E-state index contributed by atoms with van der Waals surface area (Å²) in [5.74, 6) is 0.960. The number of nitrogens with two attached hydrogens (primary N) is 1. The molecule has 1 saturated heterocycles. The molecular weight excluding hydrogens is 412 g/mol. The van der Waals surface area contributed by atoms with Gasteiger partial charge in [-0.3, -0.25) is 14.6 Å². The molecule has 9 heteroatoms. The van der Waals surface area contributed by atoms with Crippen LogP contribution in [0.1, 0.15) is 24.2 Å². The van der Waals surface area contributed by atoms with Gasteiger partial charge in [0.1, 0.15) is 0 Å². The predicted molar refractivity (Wildman–Crippen MR) is 124 cm³/mol. The molecule has 0 aromatic carbocycles. The van der Waals surface area contributed by atoms with Gasteiger partial charge in [-0.2, -0.15) is 0 Å². The van der Waals surface area contributed by atoms with Crippen LogP contribution in [0, 0.1) is 5.92 Å². The van der Waals surface area contributed by atoms with Crippen molar-refractivity contribution in [1.29, 1.82) is 0 Å². The van der Waals surface area contributed by atoms with Crippen LogP contribution in [0.5, 0.6) is 0 Å². The van der Waals surface area contributed by atoms with Crippen molar-refractivity contribution < 1.29 is 9.59 Å². The number of piperidine rings is 1. The Morgan fingerprint density at radius 1 is 1.26 bits per heavy atom. The summed E-state index contributed by atoms with van der Waals surface area (Å²) in [5.41, 5.74) is 7.95. The number of rotatable bonds is 9. The Hall–Kier alpha value is -2.78. The minimum Gasteiger partial charge on any atom is -0.341 e. The van der Waals surface area contributed by atoms with E-state index in [2.05, 4.69) is 19.9 Å². The molecule has 0 unspecified atom stereocenters. The van der Waals surface area contributed by atoms with Gasteiger partial charge in [0.2, 0.25) is 5.95 Å². The molecule has 1 fully saturated rings. The average Bonchev–Trinajstić information content (AvgIpc) is 2.82. The van der Waals surface area contributed by atoms with E-state index in [1.165, 1.54) is 0 Å². The van der Waals surface area contributed by atoms with Crippen LogP contribution in [0.15, 0.2) is 41.6 Å². The van der Waals surface area contributed by atoms with Gasteiger partial charge in [-0.25, -0.2) is 9.97 Å². The highest BCUT2D eigenvalue weighted by Crippen LogP contribution is 2.22. The van der Waals surface area contributed by atoms with Crippen LogP contribution >= 0.6 is 11.8 Å². The topological polar surface area (TPSA) is 105 Å². The molecule has 0 saturated carbocycles. The Kier molecular flexibility index (Phi) is 8.54. The maximum absolute atomic E-state index is 12.9. The number of carbonyl (C=O) groups is 2. The molecule has 0 atom stereocenters. The zero-order valence-corrected chi connectivity index (χ0v) is 18.5. The minimum absolute atomic E-state index is 0.225. The average molecular weight is 441 g/mol. The second kappa shape index (κ2) is 11.6. The summed E-state index contributed by atoms with van der Waals surface area (Å²) in [6.07, 6.45) is 7.74. The summed E-state index contributed by atoms with van der Waals surface area (Å²) in [5, 5.41) is 0. The number of anilines is 1. The Morgan fingerprint density at radius 3 is 2.74 bits per heavy atom. The van der Waals surface area contributed by atoms with Gasteiger partial charge < -0.3 is 15.5 Å². The van der Waals surface area contributed by atoms with E-state index in [0.717, 1.165) is 43.4 Å². The molecule has 2 N–H and O–H groups in total. The van der Waals surface area contributed by atoms with Crippen molar-refractivity contribution in [1.82, 2.24) is 19.9 Å². The van der Waals surface area contributed by atoms with Gasteiger partial charge in [-0.15, -0.1) is 0 Å². The lowest BCUT2D eigenvalue weighted by Crippen LogP contribution is -2.37. The number of likely N-dealkylation sites (N-methyl/N-ethyl adjacent to an activating group) is 1. The smallest absolute Gasteiger partial charge is 0.260 e. The lowest BCUT2D eigenvalue weighted by molar-refractivity contribution is -0.125. The highest BCUT2D eigenvalue weighted by atomic mass is 32.2. The number of carbonyl (C=O) groups excluding carboxylic acids is 2. The minimum atomic E-state index is -0.225. The largest absolute Gasteiger partial charge is 0.341 e. The molecule has 1 aliphatic rings. The maximum Gasteiger partial charge on any atom is 0.260 e. The Morgan fingerprint density at radius 2 is 2.06 bits per heavy atom. The molecule has 8 nitrogen and oxygen atoms in total. The summed E-state index contributed by atoms with van der Waals surface area (Å²) in [6.45, 7) is 2.93. The summed E-state index contributed by atoms with van der Waals surface area (Å²) in [4.78, 5) is 41.4. The fraction of sp³-hybridized carbons (Fsp3) is 0.409. The van der Waals surface area contributed by atoms with Crippen molar-refractivity contribution >= 4 is 35.3 Å². The van der Waals surface area contributed by atoms with Crippen molar-refractivity contribution in [2.24, 2.45) is 11.7 Å². The van der Waals surface area contributed by atoms with E-state index in [1.807, 2.05) is 18.2 Å². The Balaban J connectivity index is 1.69. The monoisotopic (exact) mass is 440 g/mol. The molecule has 1 aliphatic heterocycles. The normalized spacial score (nSPS) is 15.0. The van der Waals surface area contributed by atoms with Crippen molar-refractivity contribution in [3.05, 3.63) is 53.0 Å². The summed E-state index contributed by atoms with van der Waals surface area (Å²) in [6, 6.07) is 7.44. The van der Waals surface area contributed by atoms with Crippen molar-refractivity contribution in [2.45, 2.75) is 19.3 Å². The van der Waals surface area contributed by atoms with Gasteiger partial charge >= 0.3 is 0 Å². The van der Waals surface area contributed by atoms with Crippen LogP contribution in [0.4, 0.5) is 5.95 Å². The molecular formula is C22H28N6O2S. The van der Waals surface area contributed by atoms with Crippen LogP contribution in [-0.2, 0) is 16.0 Å². The quantitative estimate of drug-likeness (QED) is 0.466. The zero-order chi connectivity index (χ0) is 22.1.